The van der Waals surface area contributed by atoms with E-state index in [9.17, 15) is 4.79 Å². The predicted octanol–water partition coefficient (Wildman–Crippen LogP) is 0.301. The van der Waals surface area contributed by atoms with Gasteiger partial charge in [-0.25, -0.2) is 0 Å². The van der Waals surface area contributed by atoms with Gasteiger partial charge in [-0.15, -0.1) is 0 Å². The van der Waals surface area contributed by atoms with Crippen molar-refractivity contribution < 1.29 is 4.79 Å². The van der Waals surface area contributed by atoms with Crippen molar-refractivity contribution in [3.05, 3.63) is 9.02 Å². The quantitative estimate of drug-likeness (QED) is 0.378. The Morgan fingerprint density at radius 1 is 1.80 bits per heavy atom. The van der Waals surface area contributed by atoms with Gasteiger partial charge in [0.15, 0.2) is 0 Å². The molecule has 1 saturated heterocycles. The average Bonchev–Trinajstić information content (AvgIpc) is 1.85. The van der Waals surface area contributed by atoms with Gasteiger partial charge in [-0.3, -0.25) is 0 Å². The number of hydrogen-bond donors (Lipinski definition) is 0. The summed E-state index contributed by atoms with van der Waals surface area (Å²) >= 11 is 2.89. The van der Waals surface area contributed by atoms with Crippen LogP contribution >= 0.6 is 11.8 Å². The van der Waals surface area contributed by atoms with Crippen molar-refractivity contribution in [2.24, 2.45) is 0 Å². The second-order valence-corrected chi connectivity index (χ2v) is 4.84. The number of nitrogens with zero attached hydrogens (tertiary/aromatic N) is 1. The molecule has 0 aliphatic carbocycles. The number of β-lactam (4-membered cyclic amide) rings is 1. The normalized spacial score (nSPS) is 31.0. The van der Waals surface area contributed by atoms with Gasteiger partial charge in [-0.1, -0.05) is 0 Å². The number of amides is 1. The van der Waals surface area contributed by atoms with Crippen LogP contribution in [0.5, 0.6) is 0 Å². The molecule has 2 nitrogen and oxygen atoms in total. The van der Waals surface area contributed by atoms with E-state index in [1.165, 1.54) is 2.95 Å². The standard InChI is InChI=1S/C6H6NOS.Na/c8-5-4-6-7(5)2-1-3-9-6;/h1,6H,3-4H2;/t6-;/m0./s1. The number of carbonyl (C=O) groups is 1. The molecule has 2 aliphatic heterocycles. The Bertz CT molecular complexity index is 216. The van der Waals surface area contributed by atoms with Crippen molar-refractivity contribution in [1.29, 1.82) is 0 Å². The Labute approximate surface area is 81.4 Å². The fraction of sp³-hybridized carbons (Fsp3) is 0.500. The van der Waals surface area contributed by atoms with Gasteiger partial charge in [-0.05, 0) is 0 Å². The number of rotatable bonds is 0. The summed E-state index contributed by atoms with van der Waals surface area (Å²) in [5.41, 5.74) is 0. The predicted molar refractivity (Wildman–Crippen MR) is 41.5 cm³/mol. The summed E-state index contributed by atoms with van der Waals surface area (Å²) in [7, 11) is 0. The van der Waals surface area contributed by atoms with Crippen molar-refractivity contribution in [2.45, 2.75) is 11.8 Å². The van der Waals surface area contributed by atoms with Crippen LogP contribution in [0.4, 0.5) is 0 Å². The fourth-order valence-corrected chi connectivity index (χ4v) is 3.82. The maximum absolute atomic E-state index is 11.0. The van der Waals surface area contributed by atoms with Crippen LogP contribution in [0.2, 0.25) is 0 Å². The number of thioether (sulfide) groups is 1. The van der Waals surface area contributed by atoms with Crippen LogP contribution in [-0.4, -0.2) is 49.9 Å². The molecule has 2 rings (SSSR count). The van der Waals surface area contributed by atoms with Gasteiger partial charge >= 0.3 is 81.9 Å². The first kappa shape index (κ1) is 7.22. The summed E-state index contributed by atoms with van der Waals surface area (Å²) in [6.07, 6.45) is 2.94. The van der Waals surface area contributed by atoms with E-state index in [4.69, 9.17) is 0 Å². The second-order valence-electron chi connectivity index (χ2n) is 2.60. The molecule has 0 bridgehead atoms. The van der Waals surface area contributed by atoms with Crippen LogP contribution in [0.3, 0.4) is 0 Å². The van der Waals surface area contributed by atoms with Crippen molar-refractivity contribution in [3.8, 4) is 0 Å². The minimum absolute atomic E-state index is 0.318. The van der Waals surface area contributed by atoms with E-state index in [2.05, 4.69) is 6.08 Å². The summed E-state index contributed by atoms with van der Waals surface area (Å²) in [5.74, 6) is 1.42. The first-order valence-corrected chi connectivity index (χ1v) is 5.44. The van der Waals surface area contributed by atoms with Crippen molar-refractivity contribution >= 4 is 45.6 Å². The van der Waals surface area contributed by atoms with Crippen LogP contribution in [-0.2, 0) is 4.79 Å². The van der Waals surface area contributed by atoms with Gasteiger partial charge in [0.05, 0.1) is 0 Å². The van der Waals surface area contributed by atoms with Crippen LogP contribution in [0, 0.1) is 0 Å². The molecule has 0 aromatic rings. The Morgan fingerprint density at radius 3 is 3.10 bits per heavy atom. The van der Waals surface area contributed by atoms with Crippen LogP contribution in [0.1, 0.15) is 6.42 Å². The fourth-order valence-electron chi connectivity index (χ4n) is 1.32. The van der Waals surface area contributed by atoms with E-state index in [0.29, 0.717) is 11.3 Å². The summed E-state index contributed by atoms with van der Waals surface area (Å²) in [6.45, 7) is 0. The molecule has 0 saturated carbocycles. The van der Waals surface area contributed by atoms with Crippen molar-refractivity contribution in [1.82, 2.24) is 4.90 Å². The SMILES string of the molecule is O=C1C[C@@H]2SCC=[C]([Na])N12. The Hall–Kier alpha value is 0.560. The summed E-state index contributed by atoms with van der Waals surface area (Å²) in [5, 5.41) is 0.505. The zero-order valence-corrected chi connectivity index (χ0v) is 8.65. The second kappa shape index (κ2) is 2.55. The van der Waals surface area contributed by atoms with E-state index in [1.54, 1.807) is 0 Å². The van der Waals surface area contributed by atoms with Gasteiger partial charge in [-0.2, -0.15) is 0 Å². The monoisotopic (exact) mass is 163 g/mol. The van der Waals surface area contributed by atoms with Crippen LogP contribution in [0.25, 0.3) is 0 Å². The third-order valence-corrected chi connectivity index (χ3v) is 3.96. The topological polar surface area (TPSA) is 20.3 Å². The summed E-state index contributed by atoms with van der Waals surface area (Å²) in [4.78, 5) is 12.9. The third kappa shape index (κ3) is 0.961. The molecule has 0 radical (unpaired) electrons. The first-order valence-electron chi connectivity index (χ1n) is 3.39. The van der Waals surface area contributed by atoms with E-state index >= 15 is 0 Å². The molecular weight excluding hydrogens is 157 g/mol. The third-order valence-electron chi connectivity index (χ3n) is 1.95. The van der Waals surface area contributed by atoms with Gasteiger partial charge in [0.1, 0.15) is 0 Å². The zero-order valence-electron chi connectivity index (χ0n) is 5.83. The minimum atomic E-state index is 0.318. The maximum atomic E-state index is 11.0. The molecular formula is C6H6NNaOS. The van der Waals surface area contributed by atoms with E-state index < -0.39 is 0 Å². The molecule has 1 atom stereocenters. The molecule has 10 heavy (non-hydrogen) atoms. The summed E-state index contributed by atoms with van der Waals surface area (Å²) < 4.78 is 1.28. The number of hydrogen-bond acceptors (Lipinski definition) is 2. The van der Waals surface area contributed by atoms with Gasteiger partial charge in [0.25, 0.3) is 0 Å². The average molecular weight is 163 g/mol. The molecule has 4 heteroatoms. The van der Waals surface area contributed by atoms with Crippen molar-refractivity contribution in [2.75, 3.05) is 5.75 Å². The Morgan fingerprint density at radius 2 is 2.60 bits per heavy atom. The number of carbonyl (C=O) groups excluding carboxylic acids is 1. The Balaban J connectivity index is 2.22. The molecule has 1 amide bonds. The molecule has 2 aliphatic rings. The number of fused-ring (bicyclic) bond motifs is 1. The molecule has 0 unspecified atom stereocenters. The van der Waals surface area contributed by atoms with Crippen LogP contribution in [0.15, 0.2) is 9.02 Å². The molecule has 0 N–H and O–H groups in total. The van der Waals surface area contributed by atoms with Gasteiger partial charge < -0.3 is 0 Å². The molecule has 2 heterocycles. The van der Waals surface area contributed by atoms with Crippen molar-refractivity contribution in [3.63, 3.8) is 0 Å². The van der Waals surface area contributed by atoms with E-state index in [1.807, 2.05) is 16.7 Å². The summed E-state index contributed by atoms with van der Waals surface area (Å²) in [6, 6.07) is 0. The molecule has 0 aromatic carbocycles. The molecule has 0 aromatic heterocycles. The van der Waals surface area contributed by atoms with Gasteiger partial charge in [0, 0.05) is 0 Å². The van der Waals surface area contributed by atoms with E-state index in [0.717, 1.165) is 40.1 Å². The molecule has 48 valence electrons. The van der Waals surface area contributed by atoms with E-state index in [-0.39, 0.29) is 0 Å². The molecule has 1 fully saturated rings. The first-order chi connectivity index (χ1) is 4.79. The van der Waals surface area contributed by atoms with Crippen LogP contribution < -0.4 is 0 Å². The zero-order chi connectivity index (χ0) is 7.14. The Kier molecular flexibility index (Phi) is 1.84. The molecule has 0 spiro atoms. The van der Waals surface area contributed by atoms with Gasteiger partial charge in [0.2, 0.25) is 0 Å².